The van der Waals surface area contributed by atoms with Crippen molar-refractivity contribution in [3.63, 3.8) is 0 Å². The molecule has 1 atom stereocenters. The van der Waals surface area contributed by atoms with Crippen molar-refractivity contribution in [2.45, 2.75) is 56.7 Å². The SMILES string of the molecule is CC(O)CC1CCC(NC(c2ccccc2)(c2ccccc2)c2ccccc2)CC1. The van der Waals surface area contributed by atoms with Crippen LogP contribution in [0.3, 0.4) is 0 Å². The summed E-state index contributed by atoms with van der Waals surface area (Å²) < 4.78 is 0. The zero-order chi connectivity index (χ0) is 20.8. The van der Waals surface area contributed by atoms with Crippen LogP contribution in [0.4, 0.5) is 0 Å². The van der Waals surface area contributed by atoms with E-state index in [-0.39, 0.29) is 11.6 Å². The van der Waals surface area contributed by atoms with E-state index in [4.69, 9.17) is 0 Å². The predicted octanol–water partition coefficient (Wildman–Crippen LogP) is 5.90. The van der Waals surface area contributed by atoms with Crippen molar-refractivity contribution in [3.05, 3.63) is 108 Å². The smallest absolute Gasteiger partial charge is 0.0950 e. The molecule has 1 fully saturated rings. The van der Waals surface area contributed by atoms with Crippen molar-refractivity contribution in [2.24, 2.45) is 5.92 Å². The second-order valence-corrected chi connectivity index (χ2v) is 8.79. The van der Waals surface area contributed by atoms with E-state index in [1.807, 2.05) is 6.92 Å². The molecule has 0 aromatic heterocycles. The molecule has 0 heterocycles. The van der Waals surface area contributed by atoms with Crippen molar-refractivity contribution in [3.8, 4) is 0 Å². The highest BCUT2D eigenvalue weighted by atomic mass is 16.3. The fraction of sp³-hybridized carbons (Fsp3) is 0.357. The number of rotatable bonds is 7. The molecule has 1 unspecified atom stereocenters. The van der Waals surface area contributed by atoms with Crippen LogP contribution in [0.2, 0.25) is 0 Å². The fourth-order valence-electron chi connectivity index (χ4n) is 5.15. The molecule has 2 N–H and O–H groups in total. The lowest BCUT2D eigenvalue weighted by Gasteiger charge is -2.42. The molecule has 4 rings (SSSR count). The first-order chi connectivity index (χ1) is 14.7. The zero-order valence-corrected chi connectivity index (χ0v) is 17.9. The normalized spacial score (nSPS) is 20.6. The van der Waals surface area contributed by atoms with Gasteiger partial charge in [0.15, 0.2) is 0 Å². The molecule has 156 valence electrons. The number of aliphatic hydroxyl groups is 1. The van der Waals surface area contributed by atoms with Gasteiger partial charge < -0.3 is 5.11 Å². The van der Waals surface area contributed by atoms with Crippen molar-refractivity contribution in [1.29, 1.82) is 0 Å². The third-order valence-electron chi connectivity index (χ3n) is 6.56. The molecule has 1 aliphatic carbocycles. The Bertz CT molecular complexity index is 787. The van der Waals surface area contributed by atoms with Gasteiger partial charge in [0.05, 0.1) is 11.6 Å². The lowest BCUT2D eigenvalue weighted by molar-refractivity contribution is 0.138. The molecule has 1 aliphatic rings. The van der Waals surface area contributed by atoms with E-state index in [9.17, 15) is 5.11 Å². The van der Waals surface area contributed by atoms with E-state index in [1.54, 1.807) is 0 Å². The molecule has 3 aromatic rings. The van der Waals surface area contributed by atoms with Crippen LogP contribution in [-0.2, 0) is 5.54 Å². The Balaban J connectivity index is 1.73. The maximum absolute atomic E-state index is 9.79. The van der Waals surface area contributed by atoms with Gasteiger partial charge in [-0.05, 0) is 61.6 Å². The van der Waals surface area contributed by atoms with Gasteiger partial charge in [0.2, 0.25) is 0 Å². The average Bonchev–Trinajstić information content (AvgIpc) is 2.80. The Morgan fingerprint density at radius 2 is 1.13 bits per heavy atom. The van der Waals surface area contributed by atoms with Gasteiger partial charge in [0.25, 0.3) is 0 Å². The van der Waals surface area contributed by atoms with E-state index in [0.717, 1.165) is 19.3 Å². The minimum absolute atomic E-state index is 0.198. The lowest BCUT2D eigenvalue weighted by atomic mass is 9.74. The van der Waals surface area contributed by atoms with Crippen molar-refractivity contribution in [1.82, 2.24) is 5.32 Å². The van der Waals surface area contributed by atoms with Crippen LogP contribution in [-0.4, -0.2) is 17.3 Å². The van der Waals surface area contributed by atoms with Gasteiger partial charge in [-0.3, -0.25) is 5.32 Å². The van der Waals surface area contributed by atoms with Crippen LogP contribution in [0.25, 0.3) is 0 Å². The van der Waals surface area contributed by atoms with Gasteiger partial charge in [0, 0.05) is 6.04 Å². The summed E-state index contributed by atoms with van der Waals surface area (Å²) in [5.74, 6) is 0.641. The number of nitrogens with one attached hydrogen (secondary N) is 1. The quantitative estimate of drug-likeness (QED) is 0.485. The van der Waals surface area contributed by atoms with Gasteiger partial charge in [-0.2, -0.15) is 0 Å². The Labute approximate surface area is 181 Å². The van der Waals surface area contributed by atoms with E-state index in [1.165, 1.54) is 29.5 Å². The van der Waals surface area contributed by atoms with Gasteiger partial charge in [-0.15, -0.1) is 0 Å². The summed E-state index contributed by atoms with van der Waals surface area (Å²) in [4.78, 5) is 0. The van der Waals surface area contributed by atoms with Gasteiger partial charge in [-0.25, -0.2) is 0 Å². The van der Waals surface area contributed by atoms with Crippen LogP contribution in [0.1, 0.15) is 55.7 Å². The van der Waals surface area contributed by atoms with Gasteiger partial charge in [-0.1, -0.05) is 91.0 Å². The second kappa shape index (κ2) is 9.59. The molecule has 30 heavy (non-hydrogen) atoms. The first kappa shape index (κ1) is 20.8. The molecule has 0 spiro atoms. The summed E-state index contributed by atoms with van der Waals surface area (Å²) in [7, 11) is 0. The van der Waals surface area contributed by atoms with Crippen molar-refractivity contribution < 1.29 is 5.11 Å². The molecular formula is C28H33NO. The first-order valence-electron chi connectivity index (χ1n) is 11.3. The monoisotopic (exact) mass is 399 g/mol. The number of benzene rings is 3. The van der Waals surface area contributed by atoms with Crippen LogP contribution < -0.4 is 5.32 Å². The minimum atomic E-state index is -0.383. The Morgan fingerprint density at radius 3 is 1.50 bits per heavy atom. The van der Waals surface area contributed by atoms with E-state index in [2.05, 4.69) is 96.3 Å². The number of hydrogen-bond acceptors (Lipinski definition) is 2. The fourth-order valence-corrected chi connectivity index (χ4v) is 5.15. The summed E-state index contributed by atoms with van der Waals surface area (Å²) >= 11 is 0. The molecule has 0 bridgehead atoms. The van der Waals surface area contributed by atoms with Gasteiger partial charge >= 0.3 is 0 Å². The molecule has 0 radical (unpaired) electrons. The summed E-state index contributed by atoms with van der Waals surface area (Å²) in [5.41, 5.74) is 3.43. The largest absolute Gasteiger partial charge is 0.393 e. The van der Waals surface area contributed by atoms with Crippen molar-refractivity contribution >= 4 is 0 Å². The molecule has 0 saturated heterocycles. The lowest BCUT2D eigenvalue weighted by Crippen LogP contribution is -2.50. The molecule has 1 saturated carbocycles. The molecular weight excluding hydrogens is 366 g/mol. The average molecular weight is 400 g/mol. The standard InChI is InChI=1S/C28H33NO/c1-22(30)21-23-17-19-27(20-18-23)29-28(24-11-5-2-6-12-24,25-13-7-3-8-14-25)26-15-9-4-10-16-26/h2-16,22-23,27,29-30H,17-21H2,1H3. The number of aliphatic hydroxyl groups excluding tert-OH is 1. The molecule has 0 aliphatic heterocycles. The van der Waals surface area contributed by atoms with Gasteiger partial charge in [0.1, 0.15) is 0 Å². The third kappa shape index (κ3) is 4.50. The summed E-state index contributed by atoms with van der Waals surface area (Å²) in [6.45, 7) is 1.91. The highest BCUT2D eigenvalue weighted by molar-refractivity contribution is 5.49. The Morgan fingerprint density at radius 1 is 0.733 bits per heavy atom. The number of hydrogen-bond donors (Lipinski definition) is 2. The minimum Gasteiger partial charge on any atom is -0.393 e. The molecule has 3 aromatic carbocycles. The Hall–Kier alpha value is -2.42. The summed E-state index contributed by atoms with van der Waals surface area (Å²) in [5, 5.41) is 13.9. The van der Waals surface area contributed by atoms with E-state index >= 15 is 0 Å². The molecule has 0 amide bonds. The third-order valence-corrected chi connectivity index (χ3v) is 6.56. The maximum Gasteiger partial charge on any atom is 0.0950 e. The van der Waals surface area contributed by atoms with Crippen LogP contribution in [0, 0.1) is 5.92 Å². The van der Waals surface area contributed by atoms with E-state index < -0.39 is 0 Å². The zero-order valence-electron chi connectivity index (χ0n) is 17.9. The molecule has 2 heteroatoms. The summed E-state index contributed by atoms with van der Waals surface area (Å²) in [6, 6.07) is 33.0. The van der Waals surface area contributed by atoms with E-state index in [0.29, 0.717) is 12.0 Å². The van der Waals surface area contributed by atoms with Crippen LogP contribution in [0.15, 0.2) is 91.0 Å². The second-order valence-electron chi connectivity index (χ2n) is 8.79. The Kier molecular flexibility index (Phi) is 6.66. The first-order valence-corrected chi connectivity index (χ1v) is 11.3. The molecule has 2 nitrogen and oxygen atoms in total. The topological polar surface area (TPSA) is 32.3 Å². The summed E-state index contributed by atoms with van der Waals surface area (Å²) in [6.07, 6.45) is 5.37. The van der Waals surface area contributed by atoms with Crippen LogP contribution >= 0.6 is 0 Å². The van der Waals surface area contributed by atoms with Crippen LogP contribution in [0.5, 0.6) is 0 Å². The highest BCUT2D eigenvalue weighted by Gasteiger charge is 2.38. The highest BCUT2D eigenvalue weighted by Crippen LogP contribution is 2.39. The predicted molar refractivity (Wildman–Crippen MR) is 124 cm³/mol. The maximum atomic E-state index is 9.79. The van der Waals surface area contributed by atoms with Crippen molar-refractivity contribution in [2.75, 3.05) is 0 Å².